The number of aromatic carboxylic acids is 1. The first-order chi connectivity index (χ1) is 12.2. The van der Waals surface area contributed by atoms with E-state index >= 15 is 0 Å². The number of hydrogen-bond acceptors (Lipinski definition) is 2. The van der Waals surface area contributed by atoms with Crippen molar-refractivity contribution in [3.63, 3.8) is 0 Å². The summed E-state index contributed by atoms with van der Waals surface area (Å²) in [5.74, 6) is -0.900. The van der Waals surface area contributed by atoms with Gasteiger partial charge in [-0.3, -0.25) is 4.99 Å². The molecular weight excluding hydrogens is 310 g/mol. The van der Waals surface area contributed by atoms with Crippen molar-refractivity contribution >= 4 is 12.2 Å². The van der Waals surface area contributed by atoms with Crippen LogP contribution in [0.2, 0.25) is 0 Å². The Morgan fingerprint density at radius 1 is 0.840 bits per heavy atom. The summed E-state index contributed by atoms with van der Waals surface area (Å²) in [6.07, 6.45) is 2.67. The molecule has 0 atom stereocenters. The van der Waals surface area contributed by atoms with Crippen LogP contribution in [0.3, 0.4) is 0 Å². The fourth-order valence-corrected chi connectivity index (χ4v) is 2.57. The van der Waals surface area contributed by atoms with Gasteiger partial charge in [0.15, 0.2) is 0 Å². The molecule has 3 nitrogen and oxygen atoms in total. The maximum absolute atomic E-state index is 10.8. The quantitative estimate of drug-likeness (QED) is 0.666. The van der Waals surface area contributed by atoms with Crippen LogP contribution in [0.25, 0.3) is 11.1 Å². The summed E-state index contributed by atoms with van der Waals surface area (Å²) < 4.78 is 0. The zero-order valence-electron chi connectivity index (χ0n) is 13.8. The van der Waals surface area contributed by atoms with Crippen molar-refractivity contribution in [2.75, 3.05) is 6.54 Å². The van der Waals surface area contributed by atoms with Crippen LogP contribution in [-0.2, 0) is 6.42 Å². The van der Waals surface area contributed by atoms with Gasteiger partial charge in [-0.15, -0.1) is 0 Å². The first-order valence-electron chi connectivity index (χ1n) is 8.20. The highest BCUT2D eigenvalue weighted by atomic mass is 16.4. The van der Waals surface area contributed by atoms with Crippen molar-refractivity contribution in [2.24, 2.45) is 4.99 Å². The van der Waals surface area contributed by atoms with E-state index in [1.165, 1.54) is 11.1 Å². The summed E-state index contributed by atoms with van der Waals surface area (Å²) >= 11 is 0. The molecule has 0 aliphatic carbocycles. The van der Waals surface area contributed by atoms with Gasteiger partial charge < -0.3 is 5.11 Å². The topological polar surface area (TPSA) is 49.7 Å². The average molecular weight is 329 g/mol. The van der Waals surface area contributed by atoms with Crippen LogP contribution in [0.15, 0.2) is 83.9 Å². The van der Waals surface area contributed by atoms with Crippen LogP contribution in [-0.4, -0.2) is 23.8 Å². The summed E-state index contributed by atoms with van der Waals surface area (Å²) in [4.78, 5) is 15.3. The zero-order chi connectivity index (χ0) is 17.5. The van der Waals surface area contributed by atoms with E-state index in [4.69, 9.17) is 5.11 Å². The van der Waals surface area contributed by atoms with Crippen molar-refractivity contribution in [3.05, 3.63) is 95.6 Å². The van der Waals surface area contributed by atoms with E-state index in [1.54, 1.807) is 12.1 Å². The molecule has 0 saturated carbocycles. The van der Waals surface area contributed by atoms with Gasteiger partial charge in [-0.05, 0) is 40.8 Å². The summed E-state index contributed by atoms with van der Waals surface area (Å²) in [6.45, 7) is 0.673. The Hall–Kier alpha value is -3.20. The maximum atomic E-state index is 10.8. The molecule has 3 rings (SSSR count). The predicted octanol–water partition coefficient (Wildman–Crippen LogP) is 4.71. The molecule has 0 aromatic heterocycles. The highest BCUT2D eigenvalue weighted by Gasteiger charge is 2.01. The fourth-order valence-electron chi connectivity index (χ4n) is 2.57. The third-order valence-electron chi connectivity index (χ3n) is 3.99. The third kappa shape index (κ3) is 4.64. The van der Waals surface area contributed by atoms with Gasteiger partial charge in [0.25, 0.3) is 0 Å². The Labute approximate surface area is 147 Å². The van der Waals surface area contributed by atoms with Gasteiger partial charge in [0.1, 0.15) is 0 Å². The van der Waals surface area contributed by atoms with Crippen LogP contribution < -0.4 is 0 Å². The minimum absolute atomic E-state index is 0.311. The molecule has 0 bridgehead atoms. The molecular formula is C22H19NO2. The zero-order valence-corrected chi connectivity index (χ0v) is 13.8. The fraction of sp³-hybridized carbons (Fsp3) is 0.0909. The first-order valence-corrected chi connectivity index (χ1v) is 8.20. The summed E-state index contributed by atoms with van der Waals surface area (Å²) in [7, 11) is 0. The number of rotatable bonds is 6. The number of carboxylic acid groups (broad SMARTS) is 1. The second-order valence-corrected chi connectivity index (χ2v) is 5.78. The molecule has 3 aromatic rings. The summed E-state index contributed by atoms with van der Waals surface area (Å²) in [5, 5.41) is 8.88. The molecule has 3 heteroatoms. The molecule has 0 heterocycles. The van der Waals surface area contributed by atoms with Gasteiger partial charge in [0.05, 0.1) is 5.56 Å². The molecule has 0 unspecified atom stereocenters. The monoisotopic (exact) mass is 329 g/mol. The first kappa shape index (κ1) is 16.7. The molecule has 0 fully saturated rings. The van der Waals surface area contributed by atoms with Gasteiger partial charge in [0, 0.05) is 12.8 Å². The van der Waals surface area contributed by atoms with Crippen molar-refractivity contribution in [1.82, 2.24) is 0 Å². The van der Waals surface area contributed by atoms with Gasteiger partial charge in [-0.1, -0.05) is 66.7 Å². The Bertz CT molecular complexity index is 851. The highest BCUT2D eigenvalue weighted by Crippen LogP contribution is 2.18. The van der Waals surface area contributed by atoms with Crippen LogP contribution in [0, 0.1) is 0 Å². The summed E-state index contributed by atoms with van der Waals surface area (Å²) in [6, 6.07) is 25.5. The standard InChI is InChI=1S/C22H19NO2/c24-22(25)21-12-6-17(7-13-21)14-15-23-16-18-8-10-20(11-9-18)19-4-2-1-3-5-19/h1-13,16H,14-15H2,(H,24,25). The lowest BCUT2D eigenvalue weighted by atomic mass is 10.0. The average Bonchev–Trinajstić information content (AvgIpc) is 2.67. The van der Waals surface area contributed by atoms with E-state index in [0.717, 1.165) is 17.5 Å². The smallest absolute Gasteiger partial charge is 0.335 e. The van der Waals surface area contributed by atoms with Gasteiger partial charge in [-0.25, -0.2) is 4.79 Å². The lowest BCUT2D eigenvalue weighted by Crippen LogP contribution is -1.97. The minimum atomic E-state index is -0.900. The van der Waals surface area contributed by atoms with E-state index < -0.39 is 5.97 Å². The normalized spacial score (nSPS) is 10.9. The number of benzene rings is 3. The van der Waals surface area contributed by atoms with Crippen LogP contribution in [0.1, 0.15) is 21.5 Å². The second kappa shape index (κ2) is 8.06. The van der Waals surface area contributed by atoms with E-state index in [1.807, 2.05) is 36.5 Å². The number of aliphatic imine (C=N–C) groups is 1. The molecule has 0 saturated heterocycles. The van der Waals surface area contributed by atoms with E-state index in [9.17, 15) is 4.79 Å². The molecule has 0 radical (unpaired) electrons. The van der Waals surface area contributed by atoms with Gasteiger partial charge in [0.2, 0.25) is 0 Å². The molecule has 1 N–H and O–H groups in total. The van der Waals surface area contributed by atoms with E-state index in [0.29, 0.717) is 12.1 Å². The Morgan fingerprint density at radius 2 is 1.48 bits per heavy atom. The van der Waals surface area contributed by atoms with Crippen molar-refractivity contribution in [1.29, 1.82) is 0 Å². The molecule has 3 aromatic carbocycles. The van der Waals surface area contributed by atoms with E-state index in [2.05, 4.69) is 41.4 Å². The van der Waals surface area contributed by atoms with Gasteiger partial charge in [-0.2, -0.15) is 0 Å². The maximum Gasteiger partial charge on any atom is 0.335 e. The van der Waals surface area contributed by atoms with Crippen molar-refractivity contribution in [3.8, 4) is 11.1 Å². The number of carboxylic acids is 1. The molecule has 0 amide bonds. The number of carbonyl (C=O) groups is 1. The molecule has 124 valence electrons. The Balaban J connectivity index is 1.54. The lowest BCUT2D eigenvalue weighted by molar-refractivity contribution is 0.0697. The van der Waals surface area contributed by atoms with Crippen molar-refractivity contribution < 1.29 is 9.90 Å². The SMILES string of the molecule is O=C(O)c1ccc(CCN=Cc2ccc(-c3ccccc3)cc2)cc1. The highest BCUT2D eigenvalue weighted by molar-refractivity contribution is 5.87. The minimum Gasteiger partial charge on any atom is -0.478 e. The largest absolute Gasteiger partial charge is 0.478 e. The second-order valence-electron chi connectivity index (χ2n) is 5.78. The summed E-state index contributed by atoms with van der Waals surface area (Å²) in [5.41, 5.74) is 4.86. The molecule has 0 aliphatic rings. The Kier molecular flexibility index (Phi) is 5.37. The van der Waals surface area contributed by atoms with Crippen LogP contribution in [0.4, 0.5) is 0 Å². The lowest BCUT2D eigenvalue weighted by Gasteiger charge is -2.02. The van der Waals surface area contributed by atoms with Crippen LogP contribution in [0.5, 0.6) is 0 Å². The molecule has 0 aliphatic heterocycles. The Morgan fingerprint density at radius 3 is 2.12 bits per heavy atom. The molecule has 0 spiro atoms. The van der Waals surface area contributed by atoms with Gasteiger partial charge >= 0.3 is 5.97 Å². The van der Waals surface area contributed by atoms with Crippen molar-refractivity contribution in [2.45, 2.75) is 6.42 Å². The number of nitrogens with zero attached hydrogens (tertiary/aromatic N) is 1. The number of hydrogen-bond donors (Lipinski definition) is 1. The predicted molar refractivity (Wildman–Crippen MR) is 101 cm³/mol. The molecule has 25 heavy (non-hydrogen) atoms. The van der Waals surface area contributed by atoms with Crippen LogP contribution >= 0.6 is 0 Å². The van der Waals surface area contributed by atoms with E-state index in [-0.39, 0.29) is 0 Å². The third-order valence-corrected chi connectivity index (χ3v) is 3.99.